The van der Waals surface area contributed by atoms with Gasteiger partial charge in [0.1, 0.15) is 23.9 Å². The lowest BCUT2D eigenvalue weighted by molar-refractivity contribution is -0.195. The van der Waals surface area contributed by atoms with E-state index >= 15 is 0 Å². The van der Waals surface area contributed by atoms with Gasteiger partial charge in [-0.3, -0.25) is 9.59 Å². The number of esters is 3. The summed E-state index contributed by atoms with van der Waals surface area (Å²) in [7, 11) is 0. The van der Waals surface area contributed by atoms with E-state index in [1.807, 2.05) is 0 Å². The van der Waals surface area contributed by atoms with Gasteiger partial charge in [-0.05, 0) is 19.9 Å². The molecule has 1 aliphatic heterocycles. The van der Waals surface area contributed by atoms with Gasteiger partial charge in [0.2, 0.25) is 0 Å². The number of carbonyl (C=O) groups is 3. The van der Waals surface area contributed by atoms with Crippen molar-refractivity contribution in [3.63, 3.8) is 0 Å². The normalized spacial score (nSPS) is 43.2. The SMILES string of the molecule is C=C1C(=O)O[C@@H]2[C@H]3C(C)=C[C@@H](OC(C)=O)[C@H]3[C@](C)(O)[C@H](OC(C)=O)[C@H](O)[C@H]12. The summed E-state index contributed by atoms with van der Waals surface area (Å²) in [4.78, 5) is 35.3. The van der Waals surface area contributed by atoms with E-state index in [1.165, 1.54) is 13.8 Å². The van der Waals surface area contributed by atoms with Crippen LogP contribution in [-0.4, -0.2) is 58.1 Å². The zero-order valence-corrected chi connectivity index (χ0v) is 15.7. The molecule has 8 heteroatoms. The Morgan fingerprint density at radius 1 is 1.22 bits per heavy atom. The first-order valence-electron chi connectivity index (χ1n) is 8.79. The third-order valence-electron chi connectivity index (χ3n) is 5.83. The van der Waals surface area contributed by atoms with Crippen LogP contribution in [0, 0.1) is 17.8 Å². The number of fused-ring (bicyclic) bond motifs is 3. The fraction of sp³-hybridized carbons (Fsp3) is 0.632. The van der Waals surface area contributed by atoms with Gasteiger partial charge in [-0.2, -0.15) is 0 Å². The summed E-state index contributed by atoms with van der Waals surface area (Å²) in [6.07, 6.45) is -2.71. The van der Waals surface area contributed by atoms with E-state index in [0.717, 1.165) is 12.5 Å². The van der Waals surface area contributed by atoms with Gasteiger partial charge >= 0.3 is 17.9 Å². The molecule has 0 spiro atoms. The Morgan fingerprint density at radius 3 is 2.37 bits per heavy atom. The second-order valence-electron chi connectivity index (χ2n) is 7.70. The molecule has 0 aromatic heterocycles. The van der Waals surface area contributed by atoms with E-state index in [0.29, 0.717) is 0 Å². The molecule has 3 rings (SSSR count). The highest BCUT2D eigenvalue weighted by atomic mass is 16.6. The monoisotopic (exact) mass is 380 g/mol. The van der Waals surface area contributed by atoms with Crippen molar-refractivity contribution in [2.75, 3.05) is 0 Å². The Hall–Kier alpha value is -2.19. The second kappa shape index (κ2) is 6.45. The topological polar surface area (TPSA) is 119 Å². The van der Waals surface area contributed by atoms with E-state index in [2.05, 4.69) is 6.58 Å². The number of carbonyl (C=O) groups excluding carboxylic acids is 3. The number of rotatable bonds is 2. The lowest BCUT2D eigenvalue weighted by Crippen LogP contribution is -2.57. The van der Waals surface area contributed by atoms with Crippen LogP contribution < -0.4 is 0 Å². The molecule has 0 aromatic rings. The van der Waals surface area contributed by atoms with Crippen LogP contribution in [0.3, 0.4) is 0 Å². The largest absolute Gasteiger partial charge is 0.458 e. The summed E-state index contributed by atoms with van der Waals surface area (Å²) in [5, 5.41) is 22.3. The highest BCUT2D eigenvalue weighted by Gasteiger charge is 2.65. The van der Waals surface area contributed by atoms with Gasteiger partial charge in [-0.15, -0.1) is 0 Å². The molecule has 2 fully saturated rings. The molecule has 1 heterocycles. The number of aliphatic hydroxyl groups is 2. The first kappa shape index (κ1) is 19.6. The highest BCUT2D eigenvalue weighted by Crippen LogP contribution is 2.53. The maximum Gasteiger partial charge on any atom is 0.334 e. The van der Waals surface area contributed by atoms with Gasteiger partial charge in [0.15, 0.2) is 6.10 Å². The van der Waals surface area contributed by atoms with Gasteiger partial charge in [0.25, 0.3) is 0 Å². The van der Waals surface area contributed by atoms with E-state index < -0.39 is 65.7 Å². The quantitative estimate of drug-likeness (QED) is 0.303. The minimum absolute atomic E-state index is 0.0600. The van der Waals surface area contributed by atoms with Crippen molar-refractivity contribution in [2.45, 2.75) is 57.7 Å². The summed E-state index contributed by atoms with van der Waals surface area (Å²) in [6.45, 7) is 9.34. The molecule has 2 aliphatic carbocycles. The maximum atomic E-state index is 12.1. The van der Waals surface area contributed by atoms with Gasteiger partial charge in [-0.1, -0.05) is 12.2 Å². The second-order valence-corrected chi connectivity index (χ2v) is 7.70. The van der Waals surface area contributed by atoms with Gasteiger partial charge < -0.3 is 24.4 Å². The Balaban J connectivity index is 2.15. The molecule has 0 bridgehead atoms. The summed E-state index contributed by atoms with van der Waals surface area (Å²) in [6, 6.07) is 0. The van der Waals surface area contributed by atoms with Crippen molar-refractivity contribution in [2.24, 2.45) is 17.8 Å². The molecule has 0 aromatic carbocycles. The Labute approximate surface area is 156 Å². The average molecular weight is 380 g/mol. The minimum atomic E-state index is -1.76. The molecule has 0 unspecified atom stereocenters. The van der Waals surface area contributed by atoms with Crippen LogP contribution in [-0.2, 0) is 28.6 Å². The van der Waals surface area contributed by atoms with Gasteiger partial charge in [-0.25, -0.2) is 4.79 Å². The Bertz CT molecular complexity index is 736. The van der Waals surface area contributed by atoms with Crippen LogP contribution >= 0.6 is 0 Å². The number of hydrogen-bond acceptors (Lipinski definition) is 8. The molecular weight excluding hydrogens is 356 g/mol. The van der Waals surface area contributed by atoms with E-state index in [-0.39, 0.29) is 5.57 Å². The third kappa shape index (κ3) is 2.96. The molecule has 8 atom stereocenters. The summed E-state index contributed by atoms with van der Waals surface area (Å²) >= 11 is 0. The lowest BCUT2D eigenvalue weighted by atomic mass is 9.74. The average Bonchev–Trinajstić information content (AvgIpc) is 2.98. The Morgan fingerprint density at radius 2 is 1.81 bits per heavy atom. The molecule has 148 valence electrons. The Kier molecular flexibility index (Phi) is 4.68. The number of aliphatic hydroxyl groups excluding tert-OH is 1. The highest BCUT2D eigenvalue weighted by molar-refractivity contribution is 5.91. The van der Waals surface area contributed by atoms with Crippen LogP contribution in [0.1, 0.15) is 27.7 Å². The van der Waals surface area contributed by atoms with E-state index in [1.54, 1.807) is 13.0 Å². The smallest absolute Gasteiger partial charge is 0.334 e. The molecule has 27 heavy (non-hydrogen) atoms. The lowest BCUT2D eigenvalue weighted by Gasteiger charge is -2.41. The van der Waals surface area contributed by atoms with Crippen LogP contribution in [0.25, 0.3) is 0 Å². The van der Waals surface area contributed by atoms with E-state index in [4.69, 9.17) is 14.2 Å². The first-order valence-corrected chi connectivity index (χ1v) is 8.79. The molecule has 0 radical (unpaired) electrons. The van der Waals surface area contributed by atoms with Crippen molar-refractivity contribution in [1.82, 2.24) is 0 Å². The fourth-order valence-electron chi connectivity index (χ4n) is 4.82. The van der Waals surface area contributed by atoms with Crippen molar-refractivity contribution in [1.29, 1.82) is 0 Å². The van der Waals surface area contributed by atoms with Gasteiger partial charge in [0.05, 0.1) is 5.92 Å². The summed E-state index contributed by atoms with van der Waals surface area (Å²) in [5.41, 5.74) is -0.953. The third-order valence-corrected chi connectivity index (χ3v) is 5.83. The number of hydrogen-bond donors (Lipinski definition) is 2. The molecule has 2 N–H and O–H groups in total. The maximum absolute atomic E-state index is 12.1. The van der Waals surface area contributed by atoms with Crippen molar-refractivity contribution < 1.29 is 38.8 Å². The fourth-order valence-corrected chi connectivity index (χ4v) is 4.82. The molecule has 8 nitrogen and oxygen atoms in total. The van der Waals surface area contributed by atoms with E-state index in [9.17, 15) is 24.6 Å². The zero-order chi connectivity index (χ0) is 20.3. The molecule has 3 aliphatic rings. The van der Waals surface area contributed by atoms with Crippen LogP contribution in [0.2, 0.25) is 0 Å². The van der Waals surface area contributed by atoms with Crippen LogP contribution in [0.5, 0.6) is 0 Å². The van der Waals surface area contributed by atoms with Gasteiger partial charge in [0, 0.05) is 31.3 Å². The van der Waals surface area contributed by atoms with Crippen molar-refractivity contribution >= 4 is 17.9 Å². The molecule has 0 amide bonds. The summed E-state index contributed by atoms with van der Waals surface area (Å²) in [5.74, 6) is -4.06. The van der Waals surface area contributed by atoms with Crippen LogP contribution in [0.15, 0.2) is 23.8 Å². The summed E-state index contributed by atoms with van der Waals surface area (Å²) < 4.78 is 16.1. The first-order chi connectivity index (χ1) is 12.5. The number of ether oxygens (including phenoxy) is 3. The molecule has 1 saturated carbocycles. The van der Waals surface area contributed by atoms with Crippen LogP contribution in [0.4, 0.5) is 0 Å². The van der Waals surface area contributed by atoms with Crippen molar-refractivity contribution in [3.05, 3.63) is 23.8 Å². The minimum Gasteiger partial charge on any atom is -0.458 e. The predicted molar refractivity (Wildman–Crippen MR) is 91.0 cm³/mol. The van der Waals surface area contributed by atoms with Crippen molar-refractivity contribution in [3.8, 4) is 0 Å². The predicted octanol–water partition coefficient (Wildman–Crippen LogP) is 0.265. The molecular formula is C19H24O8. The molecule has 1 saturated heterocycles. The zero-order valence-electron chi connectivity index (χ0n) is 15.7. The standard InChI is InChI=1S/C19H24O8/c1-7-6-11(25-9(3)20)14-12(7)16-13(8(2)18(23)27-16)15(22)17(19(14,5)24)26-10(4)21/h6,11-17,22,24H,2H2,1,3-5H3/t11-,12+,13+,14-,15-,16-,17-,19+/m1/s1.